The van der Waals surface area contributed by atoms with Gasteiger partial charge in [0.25, 0.3) is 0 Å². The van der Waals surface area contributed by atoms with E-state index in [-0.39, 0.29) is 0 Å². The van der Waals surface area contributed by atoms with Crippen LogP contribution in [0.15, 0.2) is 255 Å². The van der Waals surface area contributed by atoms with Crippen molar-refractivity contribution in [1.82, 2.24) is 30.6 Å². The van der Waals surface area contributed by atoms with Gasteiger partial charge in [0.15, 0.2) is 0 Å². The average molecular weight is 919 g/mol. The maximum atomic E-state index is 4.57. The maximum absolute atomic E-state index is 4.57. The van der Waals surface area contributed by atoms with Gasteiger partial charge in [0.2, 0.25) is 0 Å². The van der Waals surface area contributed by atoms with E-state index in [0.717, 1.165) is 133 Å². The van der Waals surface area contributed by atoms with Gasteiger partial charge in [-0.15, -0.1) is 30.6 Å². The van der Waals surface area contributed by atoms with E-state index in [1.54, 1.807) is 0 Å². The smallest absolute Gasteiger partial charge is 0.0936 e. The minimum Gasteiger partial charge on any atom is -0.150 e. The van der Waals surface area contributed by atoms with Crippen LogP contribution in [0, 0.1) is 0 Å². The van der Waals surface area contributed by atoms with Crippen LogP contribution in [0.5, 0.6) is 0 Å². The van der Waals surface area contributed by atoms with Gasteiger partial charge in [-0.1, -0.05) is 200 Å². The number of benzene rings is 10. The Labute approximate surface area is 416 Å². The van der Waals surface area contributed by atoms with Crippen molar-refractivity contribution in [2.24, 2.45) is 0 Å². The molecule has 0 spiro atoms. The third-order valence-corrected chi connectivity index (χ3v) is 13.6. The van der Waals surface area contributed by atoms with Crippen molar-refractivity contribution in [1.29, 1.82) is 0 Å². The molecule has 13 aromatic rings. The molecule has 0 aliphatic carbocycles. The monoisotopic (exact) mass is 918 g/mol. The summed E-state index contributed by atoms with van der Waals surface area (Å²) in [5, 5.41) is 30.4. The summed E-state index contributed by atoms with van der Waals surface area (Å²) in [4.78, 5) is 0. The van der Waals surface area contributed by atoms with Gasteiger partial charge in [-0.25, -0.2) is 0 Å². The summed E-state index contributed by atoms with van der Waals surface area (Å²) in [6.07, 6.45) is 0. The fourth-order valence-electron chi connectivity index (χ4n) is 9.89. The van der Waals surface area contributed by atoms with Crippen LogP contribution in [-0.4, -0.2) is 30.6 Å². The Hall–Kier alpha value is -9.78. The molecular formula is C66H42N6. The van der Waals surface area contributed by atoms with E-state index in [0.29, 0.717) is 0 Å². The standard InChI is InChI=1S/C66H42N6/c1-10-22-61-49(13-1)40-64(70-67-61)46-31-25-43(26-32-46)55-16-4-7-19-58(55)52-37-53(59-20-8-5-17-56(59)44-27-33-47(34-28-44)65-41-50-14-2-11-23-62(50)68-71-65)39-54(38-52)60-21-9-6-18-57(60)45-29-35-48(36-30-45)66-42-51-15-3-12-24-63(51)69-72-66/h1-42H. The van der Waals surface area contributed by atoms with Gasteiger partial charge in [0.05, 0.1) is 33.6 Å². The number of aromatic nitrogens is 6. The molecule has 6 nitrogen and oxygen atoms in total. The lowest BCUT2D eigenvalue weighted by Crippen LogP contribution is -1.93. The molecule has 10 aromatic carbocycles. The first-order valence-electron chi connectivity index (χ1n) is 24.1. The van der Waals surface area contributed by atoms with E-state index in [4.69, 9.17) is 0 Å². The quantitative estimate of drug-likeness (QED) is 0.144. The van der Waals surface area contributed by atoms with Crippen LogP contribution in [-0.2, 0) is 0 Å². The predicted molar refractivity (Wildman–Crippen MR) is 295 cm³/mol. The minimum absolute atomic E-state index is 0.845. The van der Waals surface area contributed by atoms with Crippen molar-refractivity contribution in [2.75, 3.05) is 0 Å². The third kappa shape index (κ3) is 8.13. The second-order valence-electron chi connectivity index (χ2n) is 18.0. The molecule has 13 rings (SSSR count). The second-order valence-corrected chi connectivity index (χ2v) is 18.0. The Bertz CT molecular complexity index is 3710. The van der Waals surface area contributed by atoms with Gasteiger partial charge in [-0.05, 0) is 121 Å². The van der Waals surface area contributed by atoms with Gasteiger partial charge in [0, 0.05) is 32.8 Å². The van der Waals surface area contributed by atoms with Gasteiger partial charge >= 0.3 is 0 Å². The van der Waals surface area contributed by atoms with Crippen LogP contribution in [0.2, 0.25) is 0 Å². The summed E-state index contributed by atoms with van der Waals surface area (Å²) in [5.41, 5.74) is 21.7. The molecule has 0 aliphatic heterocycles. The Morgan fingerprint density at radius 1 is 0.167 bits per heavy atom. The molecule has 0 atom stereocenters. The van der Waals surface area contributed by atoms with Crippen LogP contribution in [0.4, 0.5) is 0 Å². The summed E-state index contributed by atoms with van der Waals surface area (Å²) < 4.78 is 0. The molecule has 0 bridgehead atoms. The molecule has 3 heterocycles. The summed E-state index contributed by atoms with van der Waals surface area (Å²) in [7, 11) is 0. The minimum atomic E-state index is 0.845. The summed E-state index contributed by atoms with van der Waals surface area (Å²) in [5.74, 6) is 0. The van der Waals surface area contributed by atoms with Gasteiger partial charge < -0.3 is 0 Å². The maximum Gasteiger partial charge on any atom is 0.0936 e. The topological polar surface area (TPSA) is 77.3 Å². The molecule has 0 aliphatic rings. The SMILES string of the molecule is c1ccc(-c2cc(-c3ccccc3-c3ccc(-c4cc5ccccc5nn4)cc3)cc(-c3ccccc3-c3ccc(-c4cc5ccccc5nn4)cc3)c2)c(-c2ccc(-c3cc4ccccc4nn3)cc2)c1. The molecule has 6 heteroatoms. The highest BCUT2D eigenvalue weighted by Gasteiger charge is 2.17. The van der Waals surface area contributed by atoms with Crippen molar-refractivity contribution in [3.05, 3.63) is 255 Å². The Balaban J connectivity index is 0.920. The fourth-order valence-corrected chi connectivity index (χ4v) is 9.89. The summed E-state index contributed by atoms with van der Waals surface area (Å²) in [6.45, 7) is 0. The highest BCUT2D eigenvalue weighted by molar-refractivity contribution is 5.95. The highest BCUT2D eigenvalue weighted by atomic mass is 15.1. The van der Waals surface area contributed by atoms with Crippen LogP contribution in [0.1, 0.15) is 0 Å². The zero-order valence-corrected chi connectivity index (χ0v) is 38.9. The number of fused-ring (bicyclic) bond motifs is 3. The molecule has 0 radical (unpaired) electrons. The Morgan fingerprint density at radius 3 is 0.667 bits per heavy atom. The van der Waals surface area contributed by atoms with E-state index in [9.17, 15) is 0 Å². The molecular weight excluding hydrogens is 877 g/mol. The molecule has 0 fully saturated rings. The number of hydrogen-bond donors (Lipinski definition) is 0. The van der Waals surface area contributed by atoms with E-state index in [1.165, 1.54) is 0 Å². The summed E-state index contributed by atoms with van der Waals surface area (Å²) in [6, 6.07) is 89.8. The fraction of sp³-hybridized carbons (Fsp3) is 0. The molecule has 3 aromatic heterocycles. The van der Waals surface area contributed by atoms with Gasteiger partial charge in [0.1, 0.15) is 0 Å². The lowest BCUT2D eigenvalue weighted by Gasteiger charge is -2.18. The first kappa shape index (κ1) is 42.3. The van der Waals surface area contributed by atoms with E-state index in [1.807, 2.05) is 54.6 Å². The normalized spacial score (nSPS) is 11.3. The van der Waals surface area contributed by atoms with Crippen LogP contribution in [0.3, 0.4) is 0 Å². The molecule has 72 heavy (non-hydrogen) atoms. The number of rotatable bonds is 9. The predicted octanol–water partition coefficient (Wildman–Crippen LogP) is 16.5. The van der Waals surface area contributed by atoms with E-state index >= 15 is 0 Å². The lowest BCUT2D eigenvalue weighted by atomic mass is 9.86. The highest BCUT2D eigenvalue weighted by Crippen LogP contribution is 2.43. The second kappa shape index (κ2) is 18.3. The molecule has 0 unspecified atom stereocenters. The number of nitrogens with zero attached hydrogens (tertiary/aromatic N) is 6. The largest absolute Gasteiger partial charge is 0.150 e. The first-order chi connectivity index (χ1) is 35.6. The van der Waals surface area contributed by atoms with Crippen LogP contribution < -0.4 is 0 Å². The zero-order valence-electron chi connectivity index (χ0n) is 38.9. The van der Waals surface area contributed by atoms with Gasteiger partial charge in [-0.3, -0.25) is 0 Å². The van der Waals surface area contributed by atoms with Crippen molar-refractivity contribution in [3.8, 4) is 101 Å². The van der Waals surface area contributed by atoms with Crippen molar-refractivity contribution >= 4 is 32.7 Å². The van der Waals surface area contributed by atoms with E-state index < -0.39 is 0 Å². The average Bonchev–Trinajstić information content (AvgIpc) is 3.47. The number of hydrogen-bond acceptors (Lipinski definition) is 6. The zero-order chi connectivity index (χ0) is 47.8. The summed E-state index contributed by atoms with van der Waals surface area (Å²) >= 11 is 0. The molecule has 0 saturated carbocycles. The van der Waals surface area contributed by atoms with Crippen LogP contribution in [0.25, 0.3) is 133 Å². The first-order valence-corrected chi connectivity index (χ1v) is 24.1. The molecule has 0 saturated heterocycles. The van der Waals surface area contributed by atoms with Crippen LogP contribution >= 0.6 is 0 Å². The van der Waals surface area contributed by atoms with Crippen molar-refractivity contribution in [3.63, 3.8) is 0 Å². The third-order valence-electron chi connectivity index (χ3n) is 13.6. The Morgan fingerprint density at radius 2 is 0.389 bits per heavy atom. The van der Waals surface area contributed by atoms with Crippen molar-refractivity contribution in [2.45, 2.75) is 0 Å². The molecule has 336 valence electrons. The Kier molecular flexibility index (Phi) is 10.7. The van der Waals surface area contributed by atoms with E-state index in [2.05, 4.69) is 231 Å². The molecule has 0 N–H and O–H groups in total. The van der Waals surface area contributed by atoms with Gasteiger partial charge in [-0.2, -0.15) is 0 Å². The molecule has 0 amide bonds. The van der Waals surface area contributed by atoms with Crippen molar-refractivity contribution < 1.29 is 0 Å². The lowest BCUT2D eigenvalue weighted by molar-refractivity contribution is 1.08.